The zero-order chi connectivity index (χ0) is 18.1. The molecule has 26 heavy (non-hydrogen) atoms. The van der Waals surface area contributed by atoms with Gasteiger partial charge >= 0.3 is 6.03 Å². The van der Waals surface area contributed by atoms with E-state index in [0.29, 0.717) is 29.3 Å². The number of carbonyl (C=O) groups is 1. The Morgan fingerprint density at radius 1 is 1.38 bits per heavy atom. The Morgan fingerprint density at radius 2 is 2.19 bits per heavy atom. The second-order valence-electron chi connectivity index (χ2n) is 6.20. The first-order valence-corrected chi connectivity index (χ1v) is 9.15. The summed E-state index contributed by atoms with van der Waals surface area (Å²) in [6, 6.07) is 4.60. The number of ether oxygens (including phenoxy) is 1. The zero-order valence-electron chi connectivity index (χ0n) is 14.2. The molecule has 0 bridgehead atoms. The highest BCUT2D eigenvalue weighted by molar-refractivity contribution is 7.17. The van der Waals surface area contributed by atoms with E-state index in [2.05, 4.69) is 20.5 Å². The monoisotopic (exact) mass is 375 g/mol. The van der Waals surface area contributed by atoms with Crippen LogP contribution in [0.2, 0.25) is 0 Å². The summed E-state index contributed by atoms with van der Waals surface area (Å²) in [5, 5.41) is 12.2. The van der Waals surface area contributed by atoms with Crippen LogP contribution in [0.25, 0.3) is 10.9 Å². The van der Waals surface area contributed by atoms with Crippen molar-refractivity contribution in [3.63, 3.8) is 0 Å². The van der Waals surface area contributed by atoms with E-state index in [1.165, 1.54) is 24.5 Å². The Balaban J connectivity index is 1.40. The van der Waals surface area contributed by atoms with Crippen molar-refractivity contribution in [2.24, 2.45) is 0 Å². The summed E-state index contributed by atoms with van der Waals surface area (Å²) in [6.45, 7) is 1.27. The van der Waals surface area contributed by atoms with Crippen molar-refractivity contribution in [1.29, 1.82) is 0 Å². The molecule has 0 unspecified atom stereocenters. The number of carbonyl (C=O) groups excluding carboxylic acids is 1. The van der Waals surface area contributed by atoms with Crippen LogP contribution < -0.4 is 10.1 Å². The summed E-state index contributed by atoms with van der Waals surface area (Å²) < 4.78 is 18.5. The zero-order valence-corrected chi connectivity index (χ0v) is 15.0. The lowest BCUT2D eigenvalue weighted by molar-refractivity contribution is 0.194. The number of nitrogens with one attached hydrogen (secondary N) is 2. The molecule has 4 rings (SSSR count). The number of urea groups is 1. The fourth-order valence-electron chi connectivity index (χ4n) is 3.36. The second-order valence-corrected chi connectivity index (χ2v) is 7.14. The van der Waals surface area contributed by atoms with Gasteiger partial charge in [-0.2, -0.15) is 0 Å². The van der Waals surface area contributed by atoms with Crippen LogP contribution in [0.3, 0.4) is 0 Å². The van der Waals surface area contributed by atoms with E-state index in [4.69, 9.17) is 4.74 Å². The van der Waals surface area contributed by atoms with Crippen molar-refractivity contribution in [1.82, 2.24) is 20.1 Å². The molecule has 136 valence electrons. The number of fused-ring (bicyclic) bond motifs is 1. The van der Waals surface area contributed by atoms with Crippen LogP contribution in [-0.2, 0) is 0 Å². The highest BCUT2D eigenvalue weighted by atomic mass is 32.1. The number of aromatic nitrogens is 3. The van der Waals surface area contributed by atoms with E-state index < -0.39 is 0 Å². The molecule has 1 aromatic carbocycles. The molecule has 0 spiro atoms. The summed E-state index contributed by atoms with van der Waals surface area (Å²) >= 11 is 1.18. The van der Waals surface area contributed by atoms with Crippen LogP contribution in [0.4, 0.5) is 14.3 Å². The van der Waals surface area contributed by atoms with Crippen molar-refractivity contribution in [2.75, 3.05) is 25.5 Å². The smallest absolute Gasteiger partial charge is 0.323 e. The molecule has 0 radical (unpaired) electrons. The number of hydrogen-bond donors (Lipinski definition) is 2. The number of nitrogens with zero attached hydrogens (tertiary/aromatic N) is 3. The van der Waals surface area contributed by atoms with Crippen LogP contribution >= 0.6 is 11.3 Å². The van der Waals surface area contributed by atoms with Gasteiger partial charge in [0.25, 0.3) is 5.19 Å². The number of aromatic amines is 1. The molecule has 3 aromatic rings. The minimum atomic E-state index is -0.234. The van der Waals surface area contributed by atoms with E-state index >= 15 is 0 Å². The van der Waals surface area contributed by atoms with Gasteiger partial charge in [0, 0.05) is 30.2 Å². The summed E-state index contributed by atoms with van der Waals surface area (Å²) in [5.41, 5.74) is 2.06. The Morgan fingerprint density at radius 3 is 2.92 bits per heavy atom. The summed E-state index contributed by atoms with van der Waals surface area (Å²) in [5.74, 6) is 0.0684. The third-order valence-corrected chi connectivity index (χ3v) is 5.49. The predicted molar refractivity (Wildman–Crippen MR) is 97.3 cm³/mol. The van der Waals surface area contributed by atoms with Crippen molar-refractivity contribution < 1.29 is 13.9 Å². The van der Waals surface area contributed by atoms with E-state index in [0.717, 1.165) is 29.3 Å². The summed E-state index contributed by atoms with van der Waals surface area (Å²) in [6.07, 6.45) is 3.62. The van der Waals surface area contributed by atoms with Crippen molar-refractivity contribution in [3.8, 4) is 5.19 Å². The van der Waals surface area contributed by atoms with Gasteiger partial charge in [-0.15, -0.1) is 5.10 Å². The largest absolute Gasteiger partial charge is 0.472 e. The number of likely N-dealkylation sites (tertiary alicyclic amines) is 1. The van der Waals surface area contributed by atoms with Gasteiger partial charge in [0.1, 0.15) is 5.82 Å². The number of H-pyrrole nitrogens is 1. The van der Waals surface area contributed by atoms with Crippen molar-refractivity contribution in [2.45, 2.75) is 18.8 Å². The maximum Gasteiger partial charge on any atom is 0.323 e. The predicted octanol–water partition coefficient (Wildman–Crippen LogP) is 3.58. The molecule has 2 aromatic heterocycles. The molecule has 2 amide bonds. The molecular formula is C17H18FN5O2S. The third kappa shape index (κ3) is 3.22. The molecule has 0 saturated carbocycles. The summed E-state index contributed by atoms with van der Waals surface area (Å²) in [4.78, 5) is 17.3. The van der Waals surface area contributed by atoms with Gasteiger partial charge in [-0.25, -0.2) is 9.18 Å². The standard InChI is InChI=1S/C17H18FN5O2S/c1-25-17-22-21-15(26-17)20-16(24)23-6-4-10(5-7-23)13-9-19-14-3-2-11(18)8-12(13)14/h2-3,8-10,19H,4-7H2,1H3,(H,20,21,24). The number of anilines is 1. The van der Waals surface area contributed by atoms with Crippen molar-refractivity contribution >= 4 is 33.4 Å². The van der Waals surface area contributed by atoms with Gasteiger partial charge in [0.15, 0.2) is 0 Å². The molecule has 1 aliphatic heterocycles. The molecule has 1 saturated heterocycles. The van der Waals surface area contributed by atoms with E-state index in [9.17, 15) is 9.18 Å². The van der Waals surface area contributed by atoms with Crippen LogP contribution in [0.1, 0.15) is 24.3 Å². The van der Waals surface area contributed by atoms with Crippen LogP contribution in [-0.4, -0.2) is 46.3 Å². The lowest BCUT2D eigenvalue weighted by atomic mass is 9.89. The molecule has 1 fully saturated rings. The minimum Gasteiger partial charge on any atom is -0.472 e. The summed E-state index contributed by atoms with van der Waals surface area (Å²) in [7, 11) is 1.51. The number of amides is 2. The average Bonchev–Trinajstić information content (AvgIpc) is 3.28. The lowest BCUT2D eigenvalue weighted by Gasteiger charge is -2.31. The quantitative estimate of drug-likeness (QED) is 0.733. The van der Waals surface area contributed by atoms with Crippen LogP contribution in [0, 0.1) is 5.82 Å². The second kappa shape index (κ2) is 6.91. The maximum absolute atomic E-state index is 13.6. The highest BCUT2D eigenvalue weighted by Gasteiger charge is 2.26. The average molecular weight is 375 g/mol. The van der Waals surface area contributed by atoms with Gasteiger partial charge < -0.3 is 14.6 Å². The van der Waals surface area contributed by atoms with Gasteiger partial charge in [-0.05, 0) is 53.9 Å². The first-order valence-electron chi connectivity index (χ1n) is 8.34. The number of benzene rings is 1. The molecule has 9 heteroatoms. The van der Waals surface area contributed by atoms with E-state index in [1.807, 2.05) is 6.20 Å². The first-order chi connectivity index (χ1) is 12.6. The molecule has 7 nitrogen and oxygen atoms in total. The Hall–Kier alpha value is -2.68. The van der Waals surface area contributed by atoms with Gasteiger partial charge in [-0.3, -0.25) is 5.32 Å². The number of rotatable bonds is 3. The number of piperidine rings is 1. The van der Waals surface area contributed by atoms with Crippen molar-refractivity contribution in [3.05, 3.63) is 35.8 Å². The molecule has 1 aliphatic rings. The van der Waals surface area contributed by atoms with Gasteiger partial charge in [0.2, 0.25) is 5.13 Å². The molecule has 3 heterocycles. The Kier molecular flexibility index (Phi) is 4.46. The maximum atomic E-state index is 13.6. The minimum absolute atomic E-state index is 0.188. The first kappa shape index (κ1) is 16.8. The van der Waals surface area contributed by atoms with E-state index in [-0.39, 0.29) is 11.8 Å². The SMILES string of the molecule is COc1nnc(NC(=O)N2CCC(c3c[nH]c4ccc(F)cc34)CC2)s1. The lowest BCUT2D eigenvalue weighted by Crippen LogP contribution is -2.40. The number of hydrogen-bond acceptors (Lipinski definition) is 5. The van der Waals surface area contributed by atoms with Gasteiger partial charge in [-0.1, -0.05) is 5.10 Å². The third-order valence-electron chi connectivity index (χ3n) is 4.69. The Labute approximate surface area is 153 Å². The van der Waals surface area contributed by atoms with E-state index in [1.54, 1.807) is 17.0 Å². The van der Waals surface area contributed by atoms with Crippen LogP contribution in [0.5, 0.6) is 5.19 Å². The Bertz CT molecular complexity index is 932. The molecule has 0 atom stereocenters. The molecule has 0 aliphatic carbocycles. The fraction of sp³-hybridized carbons (Fsp3) is 0.353. The normalized spacial score (nSPS) is 15.4. The molecular weight excluding hydrogens is 357 g/mol. The van der Waals surface area contributed by atoms with Crippen LogP contribution in [0.15, 0.2) is 24.4 Å². The van der Waals surface area contributed by atoms with Gasteiger partial charge in [0.05, 0.1) is 7.11 Å². The highest BCUT2D eigenvalue weighted by Crippen LogP contribution is 2.33. The number of methoxy groups -OCH3 is 1. The topological polar surface area (TPSA) is 83.1 Å². The number of halogens is 1. The fourth-order valence-corrected chi connectivity index (χ4v) is 3.91. The molecule has 2 N–H and O–H groups in total.